The number of nitrogen functional groups attached to an aromatic ring is 1. The standard InChI is InChI=1S/C14H14N2O3/c1-18-13-11(3-2-4-12(13)15)14(17)19-9-10-5-7-16-8-6-10/h2-8H,9,15H2,1H3. The molecular weight excluding hydrogens is 244 g/mol. The van der Waals surface area contributed by atoms with Crippen molar-refractivity contribution in [3.63, 3.8) is 0 Å². The second kappa shape index (κ2) is 5.86. The number of carbonyl (C=O) groups is 1. The van der Waals surface area contributed by atoms with Crippen molar-refractivity contribution in [3.05, 3.63) is 53.9 Å². The molecule has 5 nitrogen and oxygen atoms in total. The van der Waals surface area contributed by atoms with Crippen molar-refractivity contribution in [2.45, 2.75) is 6.61 Å². The summed E-state index contributed by atoms with van der Waals surface area (Å²) in [6.07, 6.45) is 3.29. The van der Waals surface area contributed by atoms with E-state index in [2.05, 4.69) is 4.98 Å². The molecule has 2 aromatic rings. The van der Waals surface area contributed by atoms with Crippen LogP contribution in [0.2, 0.25) is 0 Å². The van der Waals surface area contributed by atoms with Crippen LogP contribution in [0.15, 0.2) is 42.7 Å². The number of pyridine rings is 1. The predicted octanol–water partition coefficient (Wildman–Crippen LogP) is 2.03. The first-order valence-electron chi connectivity index (χ1n) is 5.71. The lowest BCUT2D eigenvalue weighted by atomic mass is 10.1. The van der Waals surface area contributed by atoms with Gasteiger partial charge >= 0.3 is 5.97 Å². The second-order valence-electron chi connectivity index (χ2n) is 3.86. The molecule has 0 fully saturated rings. The summed E-state index contributed by atoms with van der Waals surface area (Å²) in [5.74, 6) is -0.136. The van der Waals surface area contributed by atoms with Crippen LogP contribution in [0.1, 0.15) is 15.9 Å². The molecule has 0 unspecified atom stereocenters. The normalized spacial score (nSPS) is 9.95. The van der Waals surface area contributed by atoms with Crippen LogP contribution in [0.4, 0.5) is 5.69 Å². The fourth-order valence-electron chi connectivity index (χ4n) is 1.65. The number of methoxy groups -OCH3 is 1. The van der Waals surface area contributed by atoms with Crippen LogP contribution in [-0.4, -0.2) is 18.1 Å². The largest absolute Gasteiger partial charge is 0.494 e. The fraction of sp³-hybridized carbons (Fsp3) is 0.143. The van der Waals surface area contributed by atoms with Crippen molar-refractivity contribution in [1.82, 2.24) is 4.98 Å². The van der Waals surface area contributed by atoms with Crippen LogP contribution in [-0.2, 0) is 11.3 Å². The molecule has 0 aliphatic carbocycles. The highest BCUT2D eigenvalue weighted by molar-refractivity contribution is 5.94. The minimum Gasteiger partial charge on any atom is -0.494 e. The molecule has 0 bridgehead atoms. The number of aromatic nitrogens is 1. The van der Waals surface area contributed by atoms with Gasteiger partial charge in [0, 0.05) is 12.4 Å². The smallest absolute Gasteiger partial charge is 0.342 e. The summed E-state index contributed by atoms with van der Waals surface area (Å²) in [7, 11) is 1.46. The zero-order valence-corrected chi connectivity index (χ0v) is 10.5. The third kappa shape index (κ3) is 3.01. The molecule has 1 aromatic carbocycles. The van der Waals surface area contributed by atoms with Gasteiger partial charge in [-0.25, -0.2) is 4.79 Å². The van der Waals surface area contributed by atoms with Crippen molar-refractivity contribution in [2.24, 2.45) is 0 Å². The Balaban J connectivity index is 2.10. The first kappa shape index (κ1) is 12.9. The van der Waals surface area contributed by atoms with E-state index in [1.165, 1.54) is 7.11 Å². The minimum atomic E-state index is -0.471. The van der Waals surface area contributed by atoms with E-state index in [1.54, 1.807) is 42.7 Å². The SMILES string of the molecule is COc1c(N)cccc1C(=O)OCc1ccncc1. The van der Waals surface area contributed by atoms with Crippen LogP contribution < -0.4 is 10.5 Å². The molecule has 0 saturated carbocycles. The van der Waals surface area contributed by atoms with Crippen molar-refractivity contribution >= 4 is 11.7 Å². The van der Waals surface area contributed by atoms with E-state index < -0.39 is 5.97 Å². The van der Waals surface area contributed by atoms with Gasteiger partial charge in [-0.15, -0.1) is 0 Å². The Morgan fingerprint density at radius 1 is 1.26 bits per heavy atom. The summed E-state index contributed by atoms with van der Waals surface area (Å²) in [6, 6.07) is 8.52. The van der Waals surface area contributed by atoms with E-state index in [0.29, 0.717) is 17.0 Å². The highest BCUT2D eigenvalue weighted by atomic mass is 16.5. The van der Waals surface area contributed by atoms with Gasteiger partial charge in [-0.2, -0.15) is 0 Å². The van der Waals surface area contributed by atoms with Crippen LogP contribution in [0.5, 0.6) is 5.75 Å². The molecule has 1 heterocycles. The van der Waals surface area contributed by atoms with E-state index in [0.717, 1.165) is 5.56 Å². The van der Waals surface area contributed by atoms with Gasteiger partial charge in [0.2, 0.25) is 0 Å². The molecule has 0 radical (unpaired) electrons. The number of para-hydroxylation sites is 1. The Morgan fingerprint density at radius 2 is 2.00 bits per heavy atom. The zero-order chi connectivity index (χ0) is 13.7. The topological polar surface area (TPSA) is 74.4 Å². The number of ether oxygens (including phenoxy) is 2. The van der Waals surface area contributed by atoms with Gasteiger partial charge in [-0.3, -0.25) is 4.98 Å². The summed E-state index contributed by atoms with van der Waals surface area (Å²) in [5, 5.41) is 0. The van der Waals surface area contributed by atoms with Gasteiger partial charge in [0.1, 0.15) is 12.2 Å². The van der Waals surface area contributed by atoms with Crippen LogP contribution >= 0.6 is 0 Å². The number of esters is 1. The number of hydrogen-bond donors (Lipinski definition) is 1. The quantitative estimate of drug-likeness (QED) is 0.671. The lowest BCUT2D eigenvalue weighted by Gasteiger charge is -2.10. The maximum atomic E-state index is 12.0. The molecule has 98 valence electrons. The van der Waals surface area contributed by atoms with Crippen molar-refractivity contribution in [3.8, 4) is 5.75 Å². The molecule has 0 saturated heterocycles. The summed E-state index contributed by atoms with van der Waals surface area (Å²) >= 11 is 0. The van der Waals surface area contributed by atoms with E-state index in [1.807, 2.05) is 0 Å². The summed E-state index contributed by atoms with van der Waals surface area (Å²) in [6.45, 7) is 0.180. The Hall–Kier alpha value is -2.56. The molecule has 5 heteroatoms. The molecule has 0 aliphatic rings. The third-order valence-electron chi connectivity index (χ3n) is 2.59. The van der Waals surface area contributed by atoms with Crippen LogP contribution in [0, 0.1) is 0 Å². The third-order valence-corrected chi connectivity index (χ3v) is 2.59. The number of carbonyl (C=O) groups excluding carboxylic acids is 1. The highest BCUT2D eigenvalue weighted by Gasteiger charge is 2.15. The number of nitrogens with zero attached hydrogens (tertiary/aromatic N) is 1. The molecule has 0 spiro atoms. The zero-order valence-electron chi connectivity index (χ0n) is 10.5. The molecule has 2 rings (SSSR count). The van der Waals surface area contributed by atoms with Gasteiger partial charge in [0.15, 0.2) is 5.75 Å². The first-order chi connectivity index (χ1) is 9.22. The Labute approximate surface area is 111 Å². The number of hydrogen-bond acceptors (Lipinski definition) is 5. The summed E-state index contributed by atoms with van der Waals surface area (Å²) in [5.41, 5.74) is 7.32. The Morgan fingerprint density at radius 3 is 2.68 bits per heavy atom. The lowest BCUT2D eigenvalue weighted by Crippen LogP contribution is -2.08. The highest BCUT2D eigenvalue weighted by Crippen LogP contribution is 2.26. The van der Waals surface area contributed by atoms with E-state index in [9.17, 15) is 4.79 Å². The van der Waals surface area contributed by atoms with Gasteiger partial charge in [-0.05, 0) is 29.8 Å². The monoisotopic (exact) mass is 258 g/mol. The van der Waals surface area contributed by atoms with Crippen molar-refractivity contribution in [2.75, 3.05) is 12.8 Å². The van der Waals surface area contributed by atoms with Gasteiger partial charge < -0.3 is 15.2 Å². The maximum Gasteiger partial charge on any atom is 0.342 e. The number of benzene rings is 1. The number of anilines is 1. The van der Waals surface area contributed by atoms with E-state index in [4.69, 9.17) is 15.2 Å². The van der Waals surface area contributed by atoms with E-state index in [-0.39, 0.29) is 6.61 Å². The minimum absolute atomic E-state index is 0.180. The maximum absolute atomic E-state index is 12.0. The van der Waals surface area contributed by atoms with Crippen LogP contribution in [0.3, 0.4) is 0 Å². The predicted molar refractivity (Wildman–Crippen MR) is 70.8 cm³/mol. The second-order valence-corrected chi connectivity index (χ2v) is 3.86. The molecule has 0 aliphatic heterocycles. The first-order valence-corrected chi connectivity index (χ1v) is 5.71. The fourth-order valence-corrected chi connectivity index (χ4v) is 1.65. The molecule has 0 atom stereocenters. The average molecular weight is 258 g/mol. The van der Waals surface area contributed by atoms with Gasteiger partial charge in [0.25, 0.3) is 0 Å². The van der Waals surface area contributed by atoms with Crippen molar-refractivity contribution < 1.29 is 14.3 Å². The molecule has 1 aromatic heterocycles. The summed E-state index contributed by atoms with van der Waals surface area (Å²) in [4.78, 5) is 15.9. The number of nitrogens with two attached hydrogens (primary N) is 1. The molecule has 2 N–H and O–H groups in total. The molecule has 19 heavy (non-hydrogen) atoms. The Bertz CT molecular complexity index is 570. The van der Waals surface area contributed by atoms with Crippen LogP contribution in [0.25, 0.3) is 0 Å². The Kier molecular flexibility index (Phi) is 3.97. The van der Waals surface area contributed by atoms with Gasteiger partial charge in [-0.1, -0.05) is 6.07 Å². The van der Waals surface area contributed by atoms with Gasteiger partial charge in [0.05, 0.1) is 12.8 Å². The lowest BCUT2D eigenvalue weighted by molar-refractivity contribution is 0.0469. The number of rotatable bonds is 4. The molecular formula is C14H14N2O3. The average Bonchev–Trinajstić information content (AvgIpc) is 2.45. The van der Waals surface area contributed by atoms with Crippen molar-refractivity contribution in [1.29, 1.82) is 0 Å². The summed E-state index contributed by atoms with van der Waals surface area (Å²) < 4.78 is 10.3. The molecule has 0 amide bonds. The van der Waals surface area contributed by atoms with E-state index >= 15 is 0 Å².